The van der Waals surface area contributed by atoms with Gasteiger partial charge >= 0.3 is 0 Å². The fourth-order valence-electron chi connectivity index (χ4n) is 3.94. The highest BCUT2D eigenvalue weighted by atomic mass is 16.2. The lowest BCUT2D eigenvalue weighted by molar-refractivity contribution is -0.110. The summed E-state index contributed by atoms with van der Waals surface area (Å²) in [7, 11) is 4.10. The third-order valence-corrected chi connectivity index (χ3v) is 5.35. The maximum absolute atomic E-state index is 13.0. The van der Waals surface area contributed by atoms with Gasteiger partial charge in [0, 0.05) is 29.0 Å². The van der Waals surface area contributed by atoms with Crippen molar-refractivity contribution in [1.82, 2.24) is 14.9 Å². The normalized spacial score (nSPS) is 14.6. The quantitative estimate of drug-likeness (QED) is 0.423. The molecule has 3 aromatic carbocycles. The molecule has 0 atom stereocenters. The fraction of sp³-hybridized carbons (Fsp3) is 0.120. The number of carbonyl (C=O) groups excluding carboxylic acids is 1. The van der Waals surface area contributed by atoms with E-state index in [0.717, 1.165) is 45.8 Å². The Morgan fingerprint density at radius 2 is 1.84 bits per heavy atom. The van der Waals surface area contributed by atoms with Crippen LogP contribution in [-0.4, -0.2) is 34.9 Å². The predicted octanol–water partition coefficient (Wildman–Crippen LogP) is 4.56. The van der Waals surface area contributed by atoms with E-state index in [4.69, 9.17) is 0 Å². The van der Waals surface area contributed by atoms with Crippen molar-refractivity contribution in [2.45, 2.75) is 6.54 Å². The summed E-state index contributed by atoms with van der Waals surface area (Å²) in [4.78, 5) is 22.6. The lowest BCUT2D eigenvalue weighted by Gasteiger charge is -2.16. The Morgan fingerprint density at radius 1 is 1.03 bits per heavy atom. The third-order valence-electron chi connectivity index (χ3n) is 5.35. The van der Waals surface area contributed by atoms with Crippen molar-refractivity contribution in [3.8, 4) is 0 Å². The number of rotatable bonds is 5. The first-order valence-corrected chi connectivity index (χ1v) is 10.2. The molecule has 4 aromatic rings. The predicted molar refractivity (Wildman–Crippen MR) is 125 cm³/mol. The molecule has 0 bridgehead atoms. The van der Waals surface area contributed by atoms with Crippen molar-refractivity contribution < 1.29 is 4.79 Å². The van der Waals surface area contributed by atoms with Crippen LogP contribution in [0.4, 0.5) is 11.4 Å². The molecule has 1 aromatic heterocycles. The summed E-state index contributed by atoms with van der Waals surface area (Å²) in [6.45, 7) is 0.875. The Labute approximate surface area is 180 Å². The van der Waals surface area contributed by atoms with Gasteiger partial charge in [-0.15, -0.1) is 0 Å². The van der Waals surface area contributed by atoms with Crippen LogP contribution in [0.1, 0.15) is 16.7 Å². The molecule has 1 amide bonds. The molecule has 1 aliphatic rings. The van der Waals surface area contributed by atoms with Crippen molar-refractivity contribution in [1.29, 1.82) is 0 Å². The lowest BCUT2D eigenvalue weighted by Crippen LogP contribution is -2.11. The molecular formula is C25H23N5O. The number of amides is 1. The zero-order chi connectivity index (χ0) is 21.4. The minimum atomic E-state index is -0.113. The molecule has 0 aliphatic carbocycles. The topological polar surface area (TPSA) is 73.1 Å². The highest BCUT2D eigenvalue weighted by Gasteiger charge is 2.28. The molecule has 2 heterocycles. The summed E-state index contributed by atoms with van der Waals surface area (Å²) in [5, 5.41) is 6.50. The average Bonchev–Trinajstić information content (AvgIpc) is 3.36. The van der Waals surface area contributed by atoms with Crippen LogP contribution in [0.25, 0.3) is 22.3 Å². The second-order valence-electron chi connectivity index (χ2n) is 7.94. The van der Waals surface area contributed by atoms with Crippen LogP contribution in [0.3, 0.4) is 0 Å². The largest absolute Gasteiger partial charge is 0.354 e. The van der Waals surface area contributed by atoms with Crippen LogP contribution < -0.4 is 10.6 Å². The smallest absolute Gasteiger partial charge is 0.258 e. The van der Waals surface area contributed by atoms with Crippen molar-refractivity contribution in [2.75, 3.05) is 24.7 Å². The monoisotopic (exact) mass is 409 g/mol. The summed E-state index contributed by atoms with van der Waals surface area (Å²) >= 11 is 0. The SMILES string of the molecule is CN(C)Cc1ccc(NC(=C2C(=O)Nc3ccccc32)c2ccc3nc[nH]c3c2)cc1. The van der Waals surface area contributed by atoms with E-state index in [-0.39, 0.29) is 5.91 Å². The van der Waals surface area contributed by atoms with Gasteiger partial charge in [0.15, 0.2) is 0 Å². The van der Waals surface area contributed by atoms with Gasteiger partial charge in [-0.2, -0.15) is 0 Å². The molecule has 0 radical (unpaired) electrons. The van der Waals surface area contributed by atoms with E-state index in [1.54, 1.807) is 6.33 Å². The van der Waals surface area contributed by atoms with Gasteiger partial charge in [0.05, 0.1) is 28.6 Å². The van der Waals surface area contributed by atoms with Gasteiger partial charge in [0.2, 0.25) is 0 Å². The second-order valence-corrected chi connectivity index (χ2v) is 7.94. The molecule has 6 heteroatoms. The fourth-order valence-corrected chi connectivity index (χ4v) is 3.94. The van der Waals surface area contributed by atoms with Crippen molar-refractivity contribution in [2.24, 2.45) is 0 Å². The van der Waals surface area contributed by atoms with Gasteiger partial charge in [0.25, 0.3) is 5.91 Å². The molecule has 154 valence electrons. The van der Waals surface area contributed by atoms with E-state index >= 15 is 0 Å². The molecular weight excluding hydrogens is 386 g/mol. The van der Waals surface area contributed by atoms with Gasteiger partial charge in [-0.25, -0.2) is 4.98 Å². The Bertz CT molecular complexity index is 1300. The van der Waals surface area contributed by atoms with E-state index in [9.17, 15) is 4.79 Å². The molecule has 6 nitrogen and oxygen atoms in total. The number of aromatic amines is 1. The lowest BCUT2D eigenvalue weighted by atomic mass is 9.99. The van der Waals surface area contributed by atoms with Crippen molar-refractivity contribution in [3.05, 3.63) is 89.7 Å². The van der Waals surface area contributed by atoms with E-state index in [1.807, 2.05) is 54.6 Å². The standard InChI is InChI=1S/C25H23N5O/c1-30(2)14-16-7-10-18(11-8-16)28-24(17-9-12-21-22(13-17)27-15-26-21)23-19-5-3-4-6-20(19)29-25(23)31/h3-13,15,28H,14H2,1-2H3,(H,26,27)(H,29,31). The Hall–Kier alpha value is -3.90. The number of imidazole rings is 1. The minimum Gasteiger partial charge on any atom is -0.354 e. The number of para-hydroxylation sites is 1. The Morgan fingerprint density at radius 3 is 2.65 bits per heavy atom. The number of hydrogen-bond donors (Lipinski definition) is 3. The molecule has 3 N–H and O–H groups in total. The molecule has 5 rings (SSSR count). The zero-order valence-corrected chi connectivity index (χ0v) is 17.4. The van der Waals surface area contributed by atoms with Gasteiger partial charge < -0.3 is 20.5 Å². The number of anilines is 2. The number of carbonyl (C=O) groups is 1. The van der Waals surface area contributed by atoms with Gasteiger partial charge in [0.1, 0.15) is 0 Å². The number of H-pyrrole nitrogens is 1. The van der Waals surface area contributed by atoms with Crippen LogP contribution in [0.15, 0.2) is 73.1 Å². The molecule has 31 heavy (non-hydrogen) atoms. The molecule has 0 saturated carbocycles. The summed E-state index contributed by atoms with van der Waals surface area (Å²) in [5.74, 6) is -0.113. The highest BCUT2D eigenvalue weighted by Crippen LogP contribution is 2.37. The molecule has 0 fully saturated rings. The van der Waals surface area contributed by atoms with Crippen LogP contribution in [0, 0.1) is 0 Å². The Balaban J connectivity index is 1.62. The van der Waals surface area contributed by atoms with Crippen LogP contribution in [0.2, 0.25) is 0 Å². The maximum Gasteiger partial charge on any atom is 0.258 e. The molecule has 0 saturated heterocycles. The van der Waals surface area contributed by atoms with Crippen LogP contribution in [0.5, 0.6) is 0 Å². The molecule has 1 aliphatic heterocycles. The van der Waals surface area contributed by atoms with E-state index in [1.165, 1.54) is 5.56 Å². The summed E-state index contributed by atoms with van der Waals surface area (Å²) in [6.07, 6.45) is 1.68. The molecule has 0 spiro atoms. The average molecular weight is 409 g/mol. The summed E-state index contributed by atoms with van der Waals surface area (Å²) < 4.78 is 0. The Kier molecular flexibility index (Phi) is 4.76. The number of hydrogen-bond acceptors (Lipinski definition) is 4. The number of aromatic nitrogens is 2. The first kappa shape index (κ1) is 19.1. The minimum absolute atomic E-state index is 0.113. The van der Waals surface area contributed by atoms with Gasteiger partial charge in [-0.3, -0.25) is 4.79 Å². The van der Waals surface area contributed by atoms with Crippen LogP contribution in [-0.2, 0) is 11.3 Å². The molecule has 0 unspecified atom stereocenters. The second kappa shape index (κ2) is 7.74. The van der Waals surface area contributed by atoms with Crippen molar-refractivity contribution >= 4 is 39.6 Å². The third kappa shape index (κ3) is 3.69. The van der Waals surface area contributed by atoms with E-state index in [2.05, 4.69) is 51.7 Å². The summed E-state index contributed by atoms with van der Waals surface area (Å²) in [5.41, 5.74) is 7.99. The van der Waals surface area contributed by atoms with Gasteiger partial charge in [-0.05, 0) is 50.0 Å². The first-order chi connectivity index (χ1) is 15.1. The number of fused-ring (bicyclic) bond motifs is 2. The van der Waals surface area contributed by atoms with Crippen molar-refractivity contribution in [3.63, 3.8) is 0 Å². The van der Waals surface area contributed by atoms with E-state index in [0.29, 0.717) is 5.57 Å². The van der Waals surface area contributed by atoms with Crippen LogP contribution >= 0.6 is 0 Å². The van der Waals surface area contributed by atoms with Gasteiger partial charge in [-0.1, -0.05) is 36.4 Å². The summed E-state index contributed by atoms with van der Waals surface area (Å²) in [6, 6.07) is 22.0. The first-order valence-electron chi connectivity index (χ1n) is 10.2. The number of nitrogens with one attached hydrogen (secondary N) is 3. The van der Waals surface area contributed by atoms with E-state index < -0.39 is 0 Å². The zero-order valence-electron chi connectivity index (χ0n) is 17.4. The highest BCUT2D eigenvalue weighted by molar-refractivity contribution is 6.37. The number of nitrogens with zero attached hydrogens (tertiary/aromatic N) is 2. The maximum atomic E-state index is 13.0. The number of benzene rings is 3.